The van der Waals surface area contributed by atoms with Crippen LogP contribution in [0.25, 0.3) is 0 Å². The fraction of sp³-hybridized carbons (Fsp3) is 0.588. The van der Waals surface area contributed by atoms with Gasteiger partial charge in [-0.2, -0.15) is 0 Å². The van der Waals surface area contributed by atoms with Gasteiger partial charge in [-0.05, 0) is 64.7 Å². The number of carbonyl (C=O) groups is 1. The first-order chi connectivity index (χ1) is 9.79. The van der Waals surface area contributed by atoms with Gasteiger partial charge in [0.05, 0.1) is 11.3 Å². The Kier molecular flexibility index (Phi) is 4.97. The van der Waals surface area contributed by atoms with Crippen molar-refractivity contribution in [2.45, 2.75) is 40.0 Å². The molecule has 0 aliphatic carbocycles. The first-order valence-electron chi connectivity index (χ1n) is 7.57. The zero-order valence-electron chi connectivity index (χ0n) is 13.0. The third kappa shape index (κ3) is 4.00. The summed E-state index contributed by atoms with van der Waals surface area (Å²) in [6.45, 7) is 9.05. The molecule has 1 heterocycles. The minimum absolute atomic E-state index is 0.327. The highest BCUT2D eigenvalue weighted by Crippen LogP contribution is 2.36. The van der Waals surface area contributed by atoms with Crippen molar-refractivity contribution in [3.8, 4) is 0 Å². The molecule has 0 radical (unpaired) electrons. The Morgan fingerprint density at radius 3 is 2.57 bits per heavy atom. The molecule has 1 atom stereocenters. The SMILES string of the molecule is CC(C)(C)C1CCCN(c2ccc(C(=O)O)cc2Br)CC1. The smallest absolute Gasteiger partial charge is 0.335 e. The number of carboxylic acids is 1. The molecule has 1 aromatic rings. The van der Waals surface area contributed by atoms with E-state index in [0.717, 1.165) is 29.2 Å². The van der Waals surface area contributed by atoms with Gasteiger partial charge in [-0.1, -0.05) is 20.8 Å². The third-order valence-electron chi connectivity index (χ3n) is 4.49. The van der Waals surface area contributed by atoms with Crippen molar-refractivity contribution < 1.29 is 9.90 Å². The van der Waals surface area contributed by atoms with E-state index >= 15 is 0 Å². The zero-order valence-corrected chi connectivity index (χ0v) is 14.6. The van der Waals surface area contributed by atoms with E-state index in [-0.39, 0.29) is 0 Å². The normalized spacial score (nSPS) is 20.2. The van der Waals surface area contributed by atoms with E-state index in [4.69, 9.17) is 5.11 Å². The predicted octanol–water partition coefficient (Wildman–Crippen LogP) is 4.80. The number of nitrogens with zero attached hydrogens (tertiary/aromatic N) is 1. The first kappa shape index (κ1) is 16.3. The standard InChI is InChI=1S/C17H24BrNO2/c1-17(2,3)13-5-4-9-19(10-8-13)15-7-6-12(16(20)21)11-14(15)18/h6-7,11,13H,4-5,8-10H2,1-3H3,(H,20,21). The summed E-state index contributed by atoms with van der Waals surface area (Å²) < 4.78 is 0.872. The Bertz CT molecular complexity index is 522. The molecule has 1 aliphatic rings. The van der Waals surface area contributed by atoms with Crippen LogP contribution in [0.2, 0.25) is 0 Å². The van der Waals surface area contributed by atoms with E-state index in [9.17, 15) is 4.79 Å². The maximum atomic E-state index is 11.0. The van der Waals surface area contributed by atoms with Gasteiger partial charge < -0.3 is 10.0 Å². The Labute approximate surface area is 135 Å². The van der Waals surface area contributed by atoms with E-state index in [1.54, 1.807) is 12.1 Å². The summed E-state index contributed by atoms with van der Waals surface area (Å²) in [6.07, 6.45) is 3.65. The summed E-state index contributed by atoms with van der Waals surface area (Å²) in [5, 5.41) is 9.05. The summed E-state index contributed by atoms with van der Waals surface area (Å²) in [6, 6.07) is 5.31. The Balaban J connectivity index is 2.14. The van der Waals surface area contributed by atoms with E-state index in [1.165, 1.54) is 19.3 Å². The second-order valence-electron chi connectivity index (χ2n) is 6.95. The van der Waals surface area contributed by atoms with Gasteiger partial charge in [0.2, 0.25) is 0 Å². The van der Waals surface area contributed by atoms with Crippen LogP contribution in [0.3, 0.4) is 0 Å². The van der Waals surface area contributed by atoms with E-state index < -0.39 is 5.97 Å². The molecular weight excluding hydrogens is 330 g/mol. The van der Waals surface area contributed by atoms with Crippen molar-refractivity contribution in [3.05, 3.63) is 28.2 Å². The number of aromatic carboxylic acids is 1. The highest BCUT2D eigenvalue weighted by atomic mass is 79.9. The minimum Gasteiger partial charge on any atom is -0.478 e. The fourth-order valence-electron chi connectivity index (χ4n) is 3.10. The molecule has 2 rings (SSSR count). The molecule has 1 unspecified atom stereocenters. The lowest BCUT2D eigenvalue weighted by Gasteiger charge is -2.30. The molecule has 0 amide bonds. The van der Waals surface area contributed by atoms with Gasteiger partial charge in [-0.15, -0.1) is 0 Å². The van der Waals surface area contributed by atoms with E-state index in [0.29, 0.717) is 11.0 Å². The van der Waals surface area contributed by atoms with Crippen LogP contribution in [0.5, 0.6) is 0 Å². The summed E-state index contributed by atoms with van der Waals surface area (Å²) in [5.41, 5.74) is 1.79. The Hall–Kier alpha value is -1.03. The van der Waals surface area contributed by atoms with Gasteiger partial charge in [0.25, 0.3) is 0 Å². The maximum absolute atomic E-state index is 11.0. The molecule has 0 bridgehead atoms. The molecule has 3 nitrogen and oxygen atoms in total. The molecule has 0 aromatic heterocycles. The minimum atomic E-state index is -0.883. The zero-order chi connectivity index (χ0) is 15.6. The van der Waals surface area contributed by atoms with E-state index in [1.807, 2.05) is 6.07 Å². The van der Waals surface area contributed by atoms with Crippen LogP contribution in [-0.4, -0.2) is 24.2 Å². The molecule has 4 heteroatoms. The van der Waals surface area contributed by atoms with Crippen molar-refractivity contribution in [1.82, 2.24) is 0 Å². The van der Waals surface area contributed by atoms with Crippen molar-refractivity contribution in [3.63, 3.8) is 0 Å². The molecule has 1 saturated heterocycles. The summed E-state index contributed by atoms with van der Waals surface area (Å²) >= 11 is 3.53. The van der Waals surface area contributed by atoms with Crippen molar-refractivity contribution in [2.24, 2.45) is 11.3 Å². The van der Waals surface area contributed by atoms with Gasteiger partial charge in [0.1, 0.15) is 0 Å². The maximum Gasteiger partial charge on any atom is 0.335 e. The quantitative estimate of drug-likeness (QED) is 0.829. The van der Waals surface area contributed by atoms with Gasteiger partial charge in [0, 0.05) is 17.6 Å². The Morgan fingerprint density at radius 2 is 2.00 bits per heavy atom. The average molecular weight is 354 g/mol. The molecule has 1 N–H and O–H groups in total. The first-order valence-corrected chi connectivity index (χ1v) is 8.36. The van der Waals surface area contributed by atoms with Crippen molar-refractivity contribution >= 4 is 27.6 Å². The number of hydrogen-bond acceptors (Lipinski definition) is 2. The number of halogens is 1. The van der Waals surface area contributed by atoms with Crippen LogP contribution in [0.4, 0.5) is 5.69 Å². The fourth-order valence-corrected chi connectivity index (χ4v) is 3.73. The average Bonchev–Trinajstić information content (AvgIpc) is 2.63. The highest BCUT2D eigenvalue weighted by Gasteiger charge is 2.27. The lowest BCUT2D eigenvalue weighted by Crippen LogP contribution is -2.26. The van der Waals surface area contributed by atoms with Gasteiger partial charge in [-0.25, -0.2) is 4.79 Å². The molecule has 1 aromatic carbocycles. The second-order valence-corrected chi connectivity index (χ2v) is 7.81. The molecule has 21 heavy (non-hydrogen) atoms. The largest absolute Gasteiger partial charge is 0.478 e. The molecule has 0 saturated carbocycles. The van der Waals surface area contributed by atoms with Crippen molar-refractivity contribution in [2.75, 3.05) is 18.0 Å². The van der Waals surface area contributed by atoms with Gasteiger partial charge >= 0.3 is 5.97 Å². The molecule has 0 spiro atoms. The van der Waals surface area contributed by atoms with Crippen LogP contribution < -0.4 is 4.90 Å². The highest BCUT2D eigenvalue weighted by molar-refractivity contribution is 9.10. The molecular formula is C17H24BrNO2. The lowest BCUT2D eigenvalue weighted by molar-refractivity contribution is 0.0697. The lowest BCUT2D eigenvalue weighted by atomic mass is 9.77. The van der Waals surface area contributed by atoms with E-state index in [2.05, 4.69) is 41.6 Å². The summed E-state index contributed by atoms with van der Waals surface area (Å²) in [7, 11) is 0. The second kappa shape index (κ2) is 6.39. The van der Waals surface area contributed by atoms with Gasteiger partial charge in [-0.3, -0.25) is 0 Å². The number of carboxylic acid groups (broad SMARTS) is 1. The Morgan fingerprint density at radius 1 is 1.29 bits per heavy atom. The molecule has 116 valence electrons. The van der Waals surface area contributed by atoms with Crippen LogP contribution in [0.15, 0.2) is 22.7 Å². The number of anilines is 1. The van der Waals surface area contributed by atoms with Crippen LogP contribution in [-0.2, 0) is 0 Å². The number of rotatable bonds is 2. The molecule has 1 fully saturated rings. The van der Waals surface area contributed by atoms with Crippen LogP contribution >= 0.6 is 15.9 Å². The van der Waals surface area contributed by atoms with Crippen LogP contribution in [0, 0.1) is 11.3 Å². The van der Waals surface area contributed by atoms with Crippen LogP contribution in [0.1, 0.15) is 50.4 Å². The molecule has 1 aliphatic heterocycles. The summed E-state index contributed by atoms with van der Waals surface area (Å²) in [5.74, 6) is -0.134. The monoisotopic (exact) mass is 353 g/mol. The predicted molar refractivity (Wildman–Crippen MR) is 90.1 cm³/mol. The van der Waals surface area contributed by atoms with Crippen molar-refractivity contribution in [1.29, 1.82) is 0 Å². The topological polar surface area (TPSA) is 40.5 Å². The summed E-state index contributed by atoms with van der Waals surface area (Å²) in [4.78, 5) is 13.4. The third-order valence-corrected chi connectivity index (χ3v) is 5.12. The number of hydrogen-bond donors (Lipinski definition) is 1. The number of benzene rings is 1. The van der Waals surface area contributed by atoms with Gasteiger partial charge in [0.15, 0.2) is 0 Å².